The van der Waals surface area contributed by atoms with Crippen LogP contribution in [-0.2, 0) is 9.59 Å². The van der Waals surface area contributed by atoms with Gasteiger partial charge in [0.15, 0.2) is 0 Å². The molecule has 1 aliphatic rings. The molecule has 22 heavy (non-hydrogen) atoms. The number of benzene rings is 1. The number of aryl methyl sites for hydroxylation is 1. The molecule has 1 saturated heterocycles. The maximum absolute atomic E-state index is 12.3. The molecule has 5 nitrogen and oxygen atoms in total. The zero-order valence-electron chi connectivity index (χ0n) is 13.6. The lowest BCUT2D eigenvalue weighted by molar-refractivity contribution is -0.128. The fraction of sp³-hybridized carbons (Fsp3) is 0.529. The molecular formula is C17H25N3O2. The maximum atomic E-state index is 12.3. The highest BCUT2D eigenvalue weighted by Gasteiger charge is 2.33. The third kappa shape index (κ3) is 4.56. The van der Waals surface area contributed by atoms with Gasteiger partial charge in [-0.05, 0) is 46.1 Å². The van der Waals surface area contributed by atoms with Crippen molar-refractivity contribution in [3.05, 3.63) is 29.8 Å². The van der Waals surface area contributed by atoms with Crippen molar-refractivity contribution < 1.29 is 9.59 Å². The Balaban J connectivity index is 1.84. The molecule has 1 aromatic carbocycles. The van der Waals surface area contributed by atoms with Crippen LogP contribution in [0, 0.1) is 12.8 Å². The summed E-state index contributed by atoms with van der Waals surface area (Å²) in [5, 5.41) is 2.90. The summed E-state index contributed by atoms with van der Waals surface area (Å²) in [6.45, 7) is 4.21. The van der Waals surface area contributed by atoms with Gasteiger partial charge < -0.3 is 15.1 Å². The number of hydrogen-bond acceptors (Lipinski definition) is 3. The van der Waals surface area contributed by atoms with Crippen LogP contribution < -0.4 is 5.32 Å². The molecule has 0 spiro atoms. The molecule has 2 rings (SSSR count). The second-order valence-electron chi connectivity index (χ2n) is 6.25. The van der Waals surface area contributed by atoms with Gasteiger partial charge in [-0.2, -0.15) is 0 Å². The number of anilines is 1. The monoisotopic (exact) mass is 303 g/mol. The average Bonchev–Trinajstić information content (AvgIpc) is 2.83. The average molecular weight is 303 g/mol. The predicted octanol–water partition coefficient (Wildman–Crippen LogP) is 1.73. The number of rotatable bonds is 6. The molecule has 1 aliphatic heterocycles. The van der Waals surface area contributed by atoms with E-state index in [1.54, 1.807) is 0 Å². The molecule has 0 saturated carbocycles. The molecule has 120 valence electrons. The Labute approximate surface area is 132 Å². The summed E-state index contributed by atoms with van der Waals surface area (Å²) < 4.78 is 0. The van der Waals surface area contributed by atoms with Crippen LogP contribution in [0.15, 0.2) is 24.3 Å². The molecule has 1 heterocycles. The number of carbonyl (C=O) groups excluding carboxylic acids is 2. The third-order valence-corrected chi connectivity index (χ3v) is 3.94. The van der Waals surface area contributed by atoms with Crippen molar-refractivity contribution in [2.75, 3.05) is 39.0 Å². The van der Waals surface area contributed by atoms with Gasteiger partial charge in [0, 0.05) is 25.2 Å². The van der Waals surface area contributed by atoms with Crippen molar-refractivity contribution in [2.45, 2.75) is 19.8 Å². The van der Waals surface area contributed by atoms with Crippen molar-refractivity contribution >= 4 is 17.5 Å². The third-order valence-electron chi connectivity index (χ3n) is 3.94. The van der Waals surface area contributed by atoms with Crippen LogP contribution in [0.2, 0.25) is 0 Å². The molecule has 5 heteroatoms. The lowest BCUT2D eigenvalue weighted by atomic mass is 10.1. The van der Waals surface area contributed by atoms with Crippen molar-refractivity contribution in [1.82, 2.24) is 9.80 Å². The first-order valence-corrected chi connectivity index (χ1v) is 7.76. The molecule has 1 aromatic rings. The first-order chi connectivity index (χ1) is 10.5. The van der Waals surface area contributed by atoms with Gasteiger partial charge in [-0.1, -0.05) is 17.7 Å². The van der Waals surface area contributed by atoms with Gasteiger partial charge in [0.05, 0.1) is 5.92 Å². The Bertz CT molecular complexity index is 525. The summed E-state index contributed by atoms with van der Waals surface area (Å²) in [5.74, 6) is -0.219. The first kappa shape index (κ1) is 16.5. The van der Waals surface area contributed by atoms with Crippen LogP contribution in [-0.4, -0.2) is 55.3 Å². The van der Waals surface area contributed by atoms with Gasteiger partial charge in [0.1, 0.15) is 0 Å². The number of carbonyl (C=O) groups is 2. The summed E-state index contributed by atoms with van der Waals surface area (Å²) in [5.41, 5.74) is 1.94. The zero-order valence-corrected chi connectivity index (χ0v) is 13.6. The van der Waals surface area contributed by atoms with Gasteiger partial charge in [0.25, 0.3) is 0 Å². The topological polar surface area (TPSA) is 52.7 Å². The Morgan fingerprint density at radius 2 is 2.00 bits per heavy atom. The first-order valence-electron chi connectivity index (χ1n) is 7.76. The number of likely N-dealkylation sites (tertiary alicyclic amines) is 1. The standard InChI is InChI=1S/C17H25N3O2/c1-13-5-7-15(8-6-13)18-17(22)14-11-16(21)20(12-14)10-4-9-19(2)3/h5-8,14H,4,9-12H2,1-3H3,(H,18,22). The SMILES string of the molecule is Cc1ccc(NC(=O)C2CC(=O)N(CCCN(C)C)C2)cc1. The number of amides is 2. The van der Waals surface area contributed by atoms with E-state index in [9.17, 15) is 9.59 Å². The van der Waals surface area contributed by atoms with Gasteiger partial charge in [-0.15, -0.1) is 0 Å². The number of nitrogens with one attached hydrogen (secondary N) is 1. The second kappa shape index (κ2) is 7.40. The van der Waals surface area contributed by atoms with E-state index in [1.807, 2.05) is 50.2 Å². The van der Waals surface area contributed by atoms with E-state index >= 15 is 0 Å². The molecule has 1 atom stereocenters. The van der Waals surface area contributed by atoms with E-state index in [0.29, 0.717) is 13.0 Å². The molecule has 1 unspecified atom stereocenters. The highest BCUT2D eigenvalue weighted by Crippen LogP contribution is 2.20. The van der Waals surface area contributed by atoms with Gasteiger partial charge >= 0.3 is 0 Å². The summed E-state index contributed by atoms with van der Waals surface area (Å²) >= 11 is 0. The van der Waals surface area contributed by atoms with Crippen molar-refractivity contribution in [3.63, 3.8) is 0 Å². The molecule has 0 bridgehead atoms. The van der Waals surface area contributed by atoms with Crippen LogP contribution >= 0.6 is 0 Å². The normalized spacial score (nSPS) is 18.1. The Morgan fingerprint density at radius 3 is 2.64 bits per heavy atom. The predicted molar refractivity (Wildman–Crippen MR) is 87.7 cm³/mol. The fourth-order valence-electron chi connectivity index (χ4n) is 2.62. The van der Waals surface area contributed by atoms with Crippen LogP contribution in [0.5, 0.6) is 0 Å². The fourth-order valence-corrected chi connectivity index (χ4v) is 2.62. The minimum absolute atomic E-state index is 0.0627. The zero-order chi connectivity index (χ0) is 16.1. The molecule has 1 N–H and O–H groups in total. The van der Waals surface area contributed by atoms with E-state index in [1.165, 1.54) is 0 Å². The molecular weight excluding hydrogens is 278 g/mol. The lowest BCUT2D eigenvalue weighted by Crippen LogP contribution is -2.30. The van der Waals surface area contributed by atoms with E-state index in [0.717, 1.165) is 30.8 Å². The van der Waals surface area contributed by atoms with Crippen LogP contribution in [0.1, 0.15) is 18.4 Å². The van der Waals surface area contributed by atoms with Crippen LogP contribution in [0.4, 0.5) is 5.69 Å². The summed E-state index contributed by atoms with van der Waals surface area (Å²) in [6.07, 6.45) is 1.25. The summed E-state index contributed by atoms with van der Waals surface area (Å²) in [6, 6.07) is 7.70. The van der Waals surface area contributed by atoms with Crippen molar-refractivity contribution in [1.29, 1.82) is 0 Å². The minimum Gasteiger partial charge on any atom is -0.342 e. The lowest BCUT2D eigenvalue weighted by Gasteiger charge is -2.18. The highest BCUT2D eigenvalue weighted by atomic mass is 16.2. The van der Waals surface area contributed by atoms with E-state index in [2.05, 4.69) is 10.2 Å². The molecule has 2 amide bonds. The Morgan fingerprint density at radius 1 is 1.32 bits per heavy atom. The molecule has 0 aliphatic carbocycles. The molecule has 0 radical (unpaired) electrons. The largest absolute Gasteiger partial charge is 0.342 e. The summed E-state index contributed by atoms with van der Waals surface area (Å²) in [7, 11) is 4.03. The Hall–Kier alpha value is -1.88. The van der Waals surface area contributed by atoms with Crippen molar-refractivity contribution in [2.24, 2.45) is 5.92 Å². The number of nitrogens with zero attached hydrogens (tertiary/aromatic N) is 2. The smallest absolute Gasteiger partial charge is 0.229 e. The van der Waals surface area contributed by atoms with Gasteiger partial charge in [-0.3, -0.25) is 9.59 Å². The van der Waals surface area contributed by atoms with E-state index in [4.69, 9.17) is 0 Å². The van der Waals surface area contributed by atoms with Crippen LogP contribution in [0.3, 0.4) is 0 Å². The van der Waals surface area contributed by atoms with Crippen molar-refractivity contribution in [3.8, 4) is 0 Å². The number of hydrogen-bond donors (Lipinski definition) is 1. The van der Waals surface area contributed by atoms with E-state index in [-0.39, 0.29) is 17.7 Å². The second-order valence-corrected chi connectivity index (χ2v) is 6.25. The van der Waals surface area contributed by atoms with Gasteiger partial charge in [0.2, 0.25) is 11.8 Å². The molecule has 1 fully saturated rings. The van der Waals surface area contributed by atoms with Crippen LogP contribution in [0.25, 0.3) is 0 Å². The highest BCUT2D eigenvalue weighted by molar-refractivity contribution is 5.97. The maximum Gasteiger partial charge on any atom is 0.229 e. The minimum atomic E-state index is -0.242. The quantitative estimate of drug-likeness (QED) is 0.871. The van der Waals surface area contributed by atoms with Gasteiger partial charge in [-0.25, -0.2) is 0 Å². The molecule has 0 aromatic heterocycles. The Kier molecular flexibility index (Phi) is 5.55. The van der Waals surface area contributed by atoms with E-state index < -0.39 is 0 Å². The summed E-state index contributed by atoms with van der Waals surface area (Å²) in [4.78, 5) is 28.2.